The van der Waals surface area contributed by atoms with Gasteiger partial charge in [-0.15, -0.1) is 0 Å². The van der Waals surface area contributed by atoms with Gasteiger partial charge in [-0.25, -0.2) is 9.98 Å². The Labute approximate surface area is 197 Å². The first kappa shape index (κ1) is 22.9. The topological polar surface area (TPSA) is 126 Å². The van der Waals surface area contributed by atoms with Gasteiger partial charge in [-0.3, -0.25) is 4.79 Å². The second kappa shape index (κ2) is 10.1. The first-order valence-electron chi connectivity index (χ1n) is 10.8. The number of fused-ring (bicyclic) bond motifs is 1. The molecule has 0 saturated carbocycles. The molecule has 1 fully saturated rings. The van der Waals surface area contributed by atoms with E-state index in [4.69, 9.17) is 26.8 Å². The molecule has 1 aromatic carbocycles. The highest BCUT2D eigenvalue weighted by Gasteiger charge is 2.28. The number of amides is 1. The van der Waals surface area contributed by atoms with Gasteiger partial charge in [0.1, 0.15) is 0 Å². The molecule has 1 atom stereocenters. The number of benzene rings is 1. The number of nitrogens with zero attached hydrogens (tertiary/aromatic N) is 2. The maximum Gasteiger partial charge on any atom is 0.255 e. The van der Waals surface area contributed by atoms with Crippen LogP contribution in [-0.4, -0.2) is 55.5 Å². The third kappa shape index (κ3) is 4.89. The van der Waals surface area contributed by atoms with E-state index in [2.05, 4.69) is 32.2 Å². The smallest absolute Gasteiger partial charge is 0.255 e. The quantitative estimate of drug-likeness (QED) is 0.365. The van der Waals surface area contributed by atoms with Crippen LogP contribution in [0.5, 0.6) is 5.75 Å². The molecule has 4 rings (SSSR count). The first-order chi connectivity index (χ1) is 16.0. The number of anilines is 2. The number of aromatic nitrogens is 1. The van der Waals surface area contributed by atoms with E-state index >= 15 is 0 Å². The number of aliphatic imine (C=N–C) groups is 2. The van der Waals surface area contributed by atoms with E-state index in [0.29, 0.717) is 58.6 Å². The molecule has 2 aliphatic rings. The van der Waals surface area contributed by atoms with Crippen molar-refractivity contribution in [3.63, 3.8) is 0 Å². The molecule has 174 valence electrons. The van der Waals surface area contributed by atoms with Crippen LogP contribution in [0.4, 0.5) is 11.4 Å². The minimum atomic E-state index is -0.189. The Hall–Kier alpha value is -3.30. The second-order valence-corrected chi connectivity index (χ2v) is 8.12. The molecule has 3 heterocycles. The summed E-state index contributed by atoms with van der Waals surface area (Å²) in [6.45, 7) is 5.63. The highest BCUT2D eigenvalue weighted by Crippen LogP contribution is 2.38. The van der Waals surface area contributed by atoms with Gasteiger partial charge < -0.3 is 30.8 Å². The lowest BCUT2D eigenvalue weighted by atomic mass is 10.1. The number of carbonyl (C=O) groups is 1. The lowest BCUT2D eigenvalue weighted by Crippen LogP contribution is -2.31. The van der Waals surface area contributed by atoms with Crippen LogP contribution in [0.15, 0.2) is 40.8 Å². The summed E-state index contributed by atoms with van der Waals surface area (Å²) in [7, 11) is 1.54. The standard InChI is InChI=1S/C23H27ClN6O3/c1-3-15(30-23(25)27-12-13-6-5-11-33-13)19-20(18-16(28-19)9-10-26-22(18)31)29-17-8-4-7-14(24)21(17)32-2/h3-4,7-8,13,28-29H,1,5-6,9-12H2,2H3,(H2,25,27)(H,26,31)/b30-15+. The summed E-state index contributed by atoms with van der Waals surface area (Å²) >= 11 is 6.29. The van der Waals surface area contributed by atoms with E-state index in [9.17, 15) is 4.79 Å². The van der Waals surface area contributed by atoms with Gasteiger partial charge in [0.2, 0.25) is 5.96 Å². The van der Waals surface area contributed by atoms with E-state index in [1.54, 1.807) is 18.2 Å². The molecule has 1 saturated heterocycles. The van der Waals surface area contributed by atoms with E-state index < -0.39 is 0 Å². The van der Waals surface area contributed by atoms with Gasteiger partial charge in [-0.1, -0.05) is 24.2 Å². The zero-order valence-electron chi connectivity index (χ0n) is 18.4. The molecule has 1 amide bonds. The summed E-state index contributed by atoms with van der Waals surface area (Å²) < 4.78 is 11.0. The predicted molar refractivity (Wildman–Crippen MR) is 130 cm³/mol. The Balaban J connectivity index is 1.74. The number of carbonyl (C=O) groups excluding carboxylic acids is 1. The largest absolute Gasteiger partial charge is 0.493 e. The Morgan fingerprint density at radius 3 is 3.06 bits per heavy atom. The van der Waals surface area contributed by atoms with E-state index in [1.165, 1.54) is 7.11 Å². The van der Waals surface area contributed by atoms with Crippen LogP contribution in [0.3, 0.4) is 0 Å². The minimum Gasteiger partial charge on any atom is -0.493 e. The Kier molecular flexibility index (Phi) is 7.00. The number of guanidine groups is 1. The van der Waals surface area contributed by atoms with Gasteiger partial charge in [-0.2, -0.15) is 0 Å². The van der Waals surface area contributed by atoms with Gasteiger partial charge in [0.05, 0.1) is 53.1 Å². The normalized spacial score (nSPS) is 18.6. The van der Waals surface area contributed by atoms with Crippen molar-refractivity contribution in [2.45, 2.75) is 25.4 Å². The van der Waals surface area contributed by atoms with Crippen molar-refractivity contribution >= 4 is 40.6 Å². The first-order valence-corrected chi connectivity index (χ1v) is 11.1. The third-order valence-electron chi connectivity index (χ3n) is 5.56. The average Bonchev–Trinajstić information content (AvgIpc) is 3.45. The minimum absolute atomic E-state index is 0.0694. The molecular formula is C23H27ClN6O3. The number of nitrogens with two attached hydrogens (primary N) is 1. The molecule has 33 heavy (non-hydrogen) atoms. The van der Waals surface area contributed by atoms with Crippen LogP contribution in [-0.2, 0) is 11.2 Å². The molecule has 10 heteroatoms. The highest BCUT2D eigenvalue weighted by atomic mass is 35.5. The van der Waals surface area contributed by atoms with Gasteiger partial charge in [0.25, 0.3) is 5.91 Å². The van der Waals surface area contributed by atoms with E-state index in [-0.39, 0.29) is 18.0 Å². The summed E-state index contributed by atoms with van der Waals surface area (Å²) in [5.41, 5.74) is 9.56. The van der Waals surface area contributed by atoms with Crippen LogP contribution in [0.2, 0.25) is 5.02 Å². The fourth-order valence-corrected chi connectivity index (χ4v) is 4.24. The average molecular weight is 471 g/mol. The van der Waals surface area contributed by atoms with Crippen molar-refractivity contribution < 1.29 is 14.3 Å². The number of rotatable bonds is 7. The Bertz CT molecular complexity index is 1120. The molecule has 0 aliphatic carbocycles. The summed E-state index contributed by atoms with van der Waals surface area (Å²) in [6.07, 6.45) is 4.28. The van der Waals surface area contributed by atoms with Gasteiger partial charge in [0.15, 0.2) is 5.75 Å². The Morgan fingerprint density at radius 2 is 2.33 bits per heavy atom. The van der Waals surface area contributed by atoms with Crippen molar-refractivity contribution in [1.29, 1.82) is 0 Å². The van der Waals surface area contributed by atoms with Crippen LogP contribution in [0, 0.1) is 0 Å². The molecule has 5 N–H and O–H groups in total. The zero-order chi connectivity index (χ0) is 23.4. The van der Waals surface area contributed by atoms with Crippen molar-refractivity contribution in [1.82, 2.24) is 10.3 Å². The van der Waals surface area contributed by atoms with Crippen LogP contribution >= 0.6 is 11.6 Å². The molecule has 0 radical (unpaired) electrons. The predicted octanol–water partition coefficient (Wildman–Crippen LogP) is 3.18. The Morgan fingerprint density at radius 1 is 1.48 bits per heavy atom. The number of para-hydroxylation sites is 1. The fraction of sp³-hybridized carbons (Fsp3) is 0.348. The second-order valence-electron chi connectivity index (χ2n) is 7.72. The number of hydrogen-bond donors (Lipinski definition) is 4. The molecule has 2 aromatic rings. The number of halogens is 1. The molecule has 0 bridgehead atoms. The molecule has 1 unspecified atom stereocenters. The molecule has 1 aromatic heterocycles. The number of aromatic amines is 1. The number of ether oxygens (including phenoxy) is 2. The van der Waals surface area contributed by atoms with Crippen molar-refractivity contribution in [3.8, 4) is 5.75 Å². The van der Waals surface area contributed by atoms with Crippen molar-refractivity contribution in [2.24, 2.45) is 15.7 Å². The summed E-state index contributed by atoms with van der Waals surface area (Å²) in [5.74, 6) is 0.389. The zero-order valence-corrected chi connectivity index (χ0v) is 19.2. The van der Waals surface area contributed by atoms with Gasteiger partial charge in [0, 0.05) is 25.3 Å². The lowest BCUT2D eigenvalue weighted by molar-refractivity contribution is 0.0947. The summed E-state index contributed by atoms with van der Waals surface area (Å²) in [6, 6.07) is 5.34. The van der Waals surface area contributed by atoms with Crippen LogP contribution in [0.1, 0.15) is 34.6 Å². The summed E-state index contributed by atoms with van der Waals surface area (Å²) in [5, 5.41) is 6.63. The number of methoxy groups -OCH3 is 1. The number of H-pyrrole nitrogens is 1. The van der Waals surface area contributed by atoms with Crippen LogP contribution < -0.4 is 21.1 Å². The van der Waals surface area contributed by atoms with Crippen molar-refractivity contribution in [3.05, 3.63) is 52.8 Å². The van der Waals surface area contributed by atoms with E-state index in [1.807, 2.05) is 6.07 Å². The third-order valence-corrected chi connectivity index (χ3v) is 5.86. The van der Waals surface area contributed by atoms with Gasteiger partial charge >= 0.3 is 0 Å². The molecule has 9 nitrogen and oxygen atoms in total. The maximum atomic E-state index is 12.8. The van der Waals surface area contributed by atoms with Gasteiger partial charge in [-0.05, 0) is 31.1 Å². The number of hydrogen-bond acceptors (Lipinski definition) is 5. The lowest BCUT2D eigenvalue weighted by Gasteiger charge is -2.17. The molecule has 2 aliphatic heterocycles. The molecular weight excluding hydrogens is 444 g/mol. The molecule has 0 spiro atoms. The fourth-order valence-electron chi connectivity index (χ4n) is 3.99. The highest BCUT2D eigenvalue weighted by molar-refractivity contribution is 6.32. The SMILES string of the molecule is C=C/C(=N\C(N)=NCC1CCCO1)c1[nH]c2c(c1Nc1cccc(Cl)c1OC)C(=O)NCC2. The maximum absolute atomic E-state index is 12.8. The monoisotopic (exact) mass is 470 g/mol. The number of nitrogens with one attached hydrogen (secondary N) is 3. The van der Waals surface area contributed by atoms with Crippen molar-refractivity contribution in [2.75, 3.05) is 32.1 Å². The number of allylic oxidation sites excluding steroid dienone is 1. The van der Waals surface area contributed by atoms with Crippen LogP contribution in [0.25, 0.3) is 0 Å². The summed E-state index contributed by atoms with van der Waals surface area (Å²) in [4.78, 5) is 24.9. The van der Waals surface area contributed by atoms with E-state index in [0.717, 1.165) is 25.1 Å².